The Bertz CT molecular complexity index is 32.5. The summed E-state index contributed by atoms with van der Waals surface area (Å²) in [5, 5.41) is 9.49. The molecule has 0 aliphatic heterocycles. The maximum Gasteiger partial charge on any atom is 0.216 e. The molecular weight excluding hydrogens is 130 g/mol. The van der Waals surface area contributed by atoms with Crippen molar-refractivity contribution < 1.29 is 9.50 Å². The molecule has 2 atom stereocenters. The van der Waals surface area contributed by atoms with Gasteiger partial charge in [-0.2, -0.15) is 0 Å². The summed E-state index contributed by atoms with van der Waals surface area (Å²) >= 11 is 9.05. The van der Waals surface area contributed by atoms with Gasteiger partial charge in [0.25, 0.3) is 0 Å². The molecule has 0 spiro atoms. The third kappa shape index (κ3) is 2.69. The summed E-state index contributed by atoms with van der Waals surface area (Å²) in [5.41, 5.74) is -3.79. The first-order chi connectivity index (χ1) is 2.64. The molecule has 0 amide bonds. The summed E-state index contributed by atoms with van der Waals surface area (Å²) in [4.78, 5) is 0. The van der Waals surface area contributed by atoms with Gasteiger partial charge in [0.2, 0.25) is 11.2 Å². The van der Waals surface area contributed by atoms with Crippen molar-refractivity contribution in [1.29, 1.82) is 0 Å². The van der Waals surface area contributed by atoms with Crippen LogP contribution in [0.5, 0.6) is 0 Å². The zero-order chi connectivity index (χ0) is 5.15. The van der Waals surface area contributed by atoms with Crippen molar-refractivity contribution in [1.82, 2.24) is 0 Å². The van der Waals surface area contributed by atoms with E-state index in [0.717, 1.165) is 0 Å². The maximum absolute atomic E-state index is 11.1. The smallest absolute Gasteiger partial charge is 0.216 e. The molecule has 0 heterocycles. The van der Waals surface area contributed by atoms with Gasteiger partial charge in [0.15, 0.2) is 0 Å². The van der Waals surface area contributed by atoms with E-state index in [4.69, 9.17) is 0 Å². The molecule has 0 aliphatic rings. The third-order valence-electron chi connectivity index (χ3n) is 0.198. The van der Waals surface area contributed by atoms with Gasteiger partial charge in [0.05, 0.1) is 0 Å². The Balaban J connectivity index is 2.99. The number of hydrogen-bond acceptors (Lipinski definition) is 0. The molecule has 0 saturated heterocycles. The molecule has 1 nitrogen and oxygen atoms in total. The van der Waals surface area contributed by atoms with Crippen molar-refractivity contribution in [2.24, 2.45) is 0 Å². The minimum absolute atomic E-state index is 1.83. The van der Waals surface area contributed by atoms with E-state index >= 15 is 0 Å². The first-order valence-electron chi connectivity index (χ1n) is 1.22. The first-order valence-corrected chi connectivity index (χ1v) is 2.10. The van der Waals surface area contributed by atoms with E-state index in [1.165, 1.54) is 0 Å². The fourth-order valence-corrected chi connectivity index (χ4v) is 0. The highest BCUT2D eigenvalue weighted by molar-refractivity contribution is 6.28. The van der Waals surface area contributed by atoms with Gasteiger partial charge in [0.1, 0.15) is 0 Å². The SMILES string of the molecule is [O]C(Cl)C(F)Cl. The van der Waals surface area contributed by atoms with Crippen LogP contribution in [-0.2, 0) is 5.11 Å². The van der Waals surface area contributed by atoms with Gasteiger partial charge in [-0.15, -0.1) is 0 Å². The van der Waals surface area contributed by atoms with Crippen molar-refractivity contribution in [3.05, 3.63) is 0 Å². The van der Waals surface area contributed by atoms with E-state index < -0.39 is 11.2 Å². The predicted molar refractivity (Wildman–Crippen MR) is 21.1 cm³/mol. The predicted octanol–water partition coefficient (Wildman–Crippen LogP) is 1.52. The molecule has 6 heavy (non-hydrogen) atoms. The van der Waals surface area contributed by atoms with Crippen molar-refractivity contribution >= 4 is 23.2 Å². The molecule has 0 aromatic rings. The Kier molecular flexibility index (Phi) is 2.82. The highest BCUT2D eigenvalue weighted by Crippen LogP contribution is 2.06. The largest absolute Gasteiger partial charge is 0.226 e. The average Bonchev–Trinajstić information content (AvgIpc) is 1.36. The molecule has 1 radical (unpaired) electrons. The van der Waals surface area contributed by atoms with Crippen LogP contribution in [0.1, 0.15) is 0 Å². The normalized spacial score (nSPS) is 20.0. The summed E-state index contributed by atoms with van der Waals surface area (Å²) in [5.74, 6) is 0. The van der Waals surface area contributed by atoms with E-state index in [-0.39, 0.29) is 0 Å². The van der Waals surface area contributed by atoms with E-state index in [2.05, 4.69) is 23.2 Å². The van der Waals surface area contributed by atoms with Crippen LogP contribution in [0.25, 0.3) is 0 Å². The minimum atomic E-state index is -1.97. The molecule has 0 bridgehead atoms. The van der Waals surface area contributed by atoms with Crippen LogP contribution in [-0.4, -0.2) is 11.2 Å². The van der Waals surface area contributed by atoms with Gasteiger partial charge < -0.3 is 0 Å². The zero-order valence-corrected chi connectivity index (χ0v) is 4.21. The van der Waals surface area contributed by atoms with E-state index in [1.54, 1.807) is 0 Å². The average molecular weight is 132 g/mol. The molecule has 37 valence electrons. The van der Waals surface area contributed by atoms with Crippen LogP contribution in [0.4, 0.5) is 4.39 Å². The van der Waals surface area contributed by atoms with Crippen LogP contribution >= 0.6 is 23.2 Å². The van der Waals surface area contributed by atoms with Crippen LogP contribution < -0.4 is 0 Å². The molecular formula is C2H2Cl2FO. The van der Waals surface area contributed by atoms with Crippen LogP contribution in [0.2, 0.25) is 0 Å². The summed E-state index contributed by atoms with van der Waals surface area (Å²) in [6.45, 7) is 0. The van der Waals surface area contributed by atoms with Gasteiger partial charge in [-0.1, -0.05) is 23.2 Å². The quantitative estimate of drug-likeness (QED) is 0.482. The van der Waals surface area contributed by atoms with Crippen molar-refractivity contribution in [2.75, 3.05) is 0 Å². The van der Waals surface area contributed by atoms with Crippen LogP contribution in [0, 0.1) is 0 Å². The molecule has 4 heteroatoms. The molecule has 0 aliphatic carbocycles. The number of alkyl halides is 3. The highest BCUT2D eigenvalue weighted by atomic mass is 35.5. The summed E-state index contributed by atoms with van der Waals surface area (Å²) in [6, 6.07) is 0. The Hall–Kier alpha value is 0.470. The number of hydrogen-bond donors (Lipinski definition) is 0. The first kappa shape index (κ1) is 6.47. The number of halogens is 3. The standard InChI is InChI=1S/C2H2Cl2FO/c3-1(5)2(4)6/h1-2H. The summed E-state index contributed by atoms with van der Waals surface area (Å²) in [6.07, 6.45) is 0. The zero-order valence-electron chi connectivity index (χ0n) is 2.70. The van der Waals surface area contributed by atoms with Crippen molar-refractivity contribution in [2.45, 2.75) is 11.2 Å². The van der Waals surface area contributed by atoms with Gasteiger partial charge >= 0.3 is 0 Å². The van der Waals surface area contributed by atoms with Crippen LogP contribution in [0.15, 0.2) is 0 Å². The van der Waals surface area contributed by atoms with E-state index in [0.29, 0.717) is 0 Å². The van der Waals surface area contributed by atoms with Crippen molar-refractivity contribution in [3.63, 3.8) is 0 Å². The highest BCUT2D eigenvalue weighted by Gasteiger charge is 2.10. The van der Waals surface area contributed by atoms with E-state index in [9.17, 15) is 9.50 Å². The second-order valence-corrected chi connectivity index (χ2v) is 1.53. The molecule has 0 saturated carbocycles. The molecule has 0 rings (SSSR count). The number of rotatable bonds is 1. The molecule has 0 aromatic carbocycles. The van der Waals surface area contributed by atoms with Crippen molar-refractivity contribution in [3.8, 4) is 0 Å². The van der Waals surface area contributed by atoms with Gasteiger partial charge in [-0.05, 0) is 0 Å². The Morgan fingerprint density at radius 2 is 1.67 bits per heavy atom. The second-order valence-electron chi connectivity index (χ2n) is 0.686. The van der Waals surface area contributed by atoms with Gasteiger partial charge in [-0.25, -0.2) is 9.50 Å². The molecule has 0 aromatic heterocycles. The lowest BCUT2D eigenvalue weighted by molar-refractivity contribution is 0.114. The Labute approximate surface area is 44.7 Å². The van der Waals surface area contributed by atoms with E-state index in [1.807, 2.05) is 0 Å². The molecule has 0 N–H and O–H groups in total. The lowest BCUT2D eigenvalue weighted by Gasteiger charge is -1.92. The second kappa shape index (κ2) is 2.61. The fourth-order valence-electron chi connectivity index (χ4n) is 0. The lowest BCUT2D eigenvalue weighted by Crippen LogP contribution is -2.04. The Morgan fingerprint density at radius 1 is 1.50 bits per heavy atom. The third-order valence-corrected chi connectivity index (χ3v) is 0.777. The summed E-state index contributed by atoms with van der Waals surface area (Å²) < 4.78 is 11.1. The fraction of sp³-hybridized carbons (Fsp3) is 1.00. The maximum atomic E-state index is 11.1. The van der Waals surface area contributed by atoms with Crippen LogP contribution in [0.3, 0.4) is 0 Å². The summed E-state index contributed by atoms with van der Waals surface area (Å²) in [7, 11) is 0. The van der Waals surface area contributed by atoms with Gasteiger partial charge in [0, 0.05) is 0 Å². The Morgan fingerprint density at radius 3 is 1.67 bits per heavy atom. The lowest BCUT2D eigenvalue weighted by atomic mass is 10.8. The topological polar surface area (TPSA) is 19.9 Å². The minimum Gasteiger partial charge on any atom is -0.226 e. The molecule has 2 unspecified atom stereocenters. The van der Waals surface area contributed by atoms with Gasteiger partial charge in [-0.3, -0.25) is 0 Å². The molecule has 0 fully saturated rings. The monoisotopic (exact) mass is 131 g/mol.